The molecule has 2 amide bonds. The number of carbonyl (C=O) groups excluding carboxylic acids is 2. The number of ether oxygens (including phenoxy) is 1. The van der Waals surface area contributed by atoms with Gasteiger partial charge in [-0.1, -0.05) is 17.7 Å². The van der Waals surface area contributed by atoms with Gasteiger partial charge < -0.3 is 15.0 Å². The maximum atomic E-state index is 12.3. The number of aryl methyl sites for hydroxylation is 1. The fraction of sp³-hybridized carbons (Fsp3) is 0.263. The molecule has 5 heteroatoms. The molecule has 5 nitrogen and oxygen atoms in total. The molecule has 0 aromatic heterocycles. The van der Waals surface area contributed by atoms with Crippen LogP contribution in [0.15, 0.2) is 48.5 Å². The largest absolute Gasteiger partial charge is 0.497 e. The summed E-state index contributed by atoms with van der Waals surface area (Å²) in [4.78, 5) is 26.3. The van der Waals surface area contributed by atoms with Crippen molar-refractivity contribution < 1.29 is 14.3 Å². The van der Waals surface area contributed by atoms with Gasteiger partial charge in [-0.3, -0.25) is 9.59 Å². The minimum absolute atomic E-state index is 0.0267. The van der Waals surface area contributed by atoms with E-state index in [1.54, 1.807) is 36.3 Å². The summed E-state index contributed by atoms with van der Waals surface area (Å²) in [5, 5.41) is 2.93. The Morgan fingerprint density at radius 3 is 2.42 bits per heavy atom. The summed E-state index contributed by atoms with van der Waals surface area (Å²) in [6, 6.07) is 14.5. The van der Waals surface area contributed by atoms with Crippen molar-refractivity contribution in [3.05, 3.63) is 59.7 Å². The van der Waals surface area contributed by atoms with Gasteiger partial charge >= 0.3 is 0 Å². The Bertz CT molecular complexity index is 738. The van der Waals surface area contributed by atoms with Crippen LogP contribution in [0.5, 0.6) is 5.75 Å². The van der Waals surface area contributed by atoms with Gasteiger partial charge in [0.1, 0.15) is 5.75 Å². The van der Waals surface area contributed by atoms with Gasteiger partial charge in [-0.15, -0.1) is 0 Å². The Balaban J connectivity index is 1.65. The first-order valence-electron chi connectivity index (χ1n) is 7.89. The molecule has 0 saturated carbocycles. The van der Waals surface area contributed by atoms with Crippen LogP contribution in [0, 0.1) is 6.92 Å². The van der Waals surface area contributed by atoms with Crippen molar-refractivity contribution in [1.29, 1.82) is 0 Å². The van der Waals surface area contributed by atoms with Gasteiger partial charge in [-0.2, -0.15) is 0 Å². The van der Waals surface area contributed by atoms with E-state index >= 15 is 0 Å². The number of amides is 2. The lowest BCUT2D eigenvalue weighted by Gasteiger charge is -2.17. The second kappa shape index (κ2) is 6.74. The SMILES string of the molecule is COc1ccc(C(=O)N[C@H]2CC(=O)N(c3ccc(C)cc3)C2)cc1. The fourth-order valence-electron chi connectivity index (χ4n) is 2.79. The summed E-state index contributed by atoms with van der Waals surface area (Å²) in [6.45, 7) is 2.50. The third kappa shape index (κ3) is 3.40. The summed E-state index contributed by atoms with van der Waals surface area (Å²) in [6.07, 6.45) is 0.315. The lowest BCUT2D eigenvalue weighted by atomic mass is 10.2. The maximum absolute atomic E-state index is 12.3. The highest BCUT2D eigenvalue weighted by molar-refractivity contribution is 5.99. The molecule has 1 atom stereocenters. The van der Waals surface area contributed by atoms with Gasteiger partial charge in [-0.05, 0) is 43.3 Å². The molecule has 1 aliphatic rings. The Morgan fingerprint density at radius 2 is 1.79 bits per heavy atom. The predicted molar refractivity (Wildman–Crippen MR) is 92.4 cm³/mol. The average Bonchev–Trinajstić information content (AvgIpc) is 2.96. The molecule has 0 radical (unpaired) electrons. The summed E-state index contributed by atoms with van der Waals surface area (Å²) < 4.78 is 5.08. The number of nitrogens with one attached hydrogen (secondary N) is 1. The minimum Gasteiger partial charge on any atom is -0.497 e. The minimum atomic E-state index is -0.187. The predicted octanol–water partition coefficient (Wildman–Crippen LogP) is 2.54. The Morgan fingerprint density at radius 1 is 1.12 bits per heavy atom. The zero-order valence-electron chi connectivity index (χ0n) is 13.8. The number of carbonyl (C=O) groups is 2. The standard InChI is InChI=1S/C19H20N2O3/c1-13-3-7-16(8-4-13)21-12-15(11-18(21)22)20-19(23)14-5-9-17(24-2)10-6-14/h3-10,15H,11-12H2,1-2H3,(H,20,23)/t15-/m0/s1. The van der Waals surface area contributed by atoms with Gasteiger partial charge in [0.2, 0.25) is 5.91 Å². The molecular formula is C19H20N2O3. The van der Waals surface area contributed by atoms with Gasteiger partial charge in [-0.25, -0.2) is 0 Å². The van der Waals surface area contributed by atoms with E-state index < -0.39 is 0 Å². The van der Waals surface area contributed by atoms with Crippen molar-refractivity contribution in [2.24, 2.45) is 0 Å². The highest BCUT2D eigenvalue weighted by Crippen LogP contribution is 2.22. The van der Waals surface area contributed by atoms with E-state index in [-0.39, 0.29) is 17.9 Å². The molecule has 0 bridgehead atoms. The van der Waals surface area contributed by atoms with Crippen LogP contribution in [0.3, 0.4) is 0 Å². The molecule has 1 fully saturated rings. The van der Waals surface area contributed by atoms with Gasteiger partial charge in [0.05, 0.1) is 13.2 Å². The van der Waals surface area contributed by atoms with E-state index in [9.17, 15) is 9.59 Å². The molecule has 2 aromatic carbocycles. The lowest BCUT2D eigenvalue weighted by Crippen LogP contribution is -2.37. The number of benzene rings is 2. The third-order valence-electron chi connectivity index (χ3n) is 4.16. The first-order chi connectivity index (χ1) is 11.6. The quantitative estimate of drug-likeness (QED) is 0.940. The van der Waals surface area contributed by atoms with Crippen LogP contribution in [-0.2, 0) is 4.79 Å². The van der Waals surface area contributed by atoms with Crippen LogP contribution in [0.2, 0.25) is 0 Å². The molecule has 0 unspecified atom stereocenters. The Labute approximate surface area is 141 Å². The van der Waals surface area contributed by atoms with Crippen molar-refractivity contribution in [1.82, 2.24) is 5.32 Å². The van der Waals surface area contributed by atoms with Crippen LogP contribution in [0.4, 0.5) is 5.69 Å². The van der Waals surface area contributed by atoms with Crippen LogP contribution in [0.1, 0.15) is 22.3 Å². The van der Waals surface area contributed by atoms with Crippen LogP contribution >= 0.6 is 0 Å². The number of hydrogen-bond acceptors (Lipinski definition) is 3. The van der Waals surface area contributed by atoms with Crippen LogP contribution in [-0.4, -0.2) is 31.5 Å². The number of rotatable bonds is 4. The smallest absolute Gasteiger partial charge is 0.251 e. The Hall–Kier alpha value is -2.82. The lowest BCUT2D eigenvalue weighted by molar-refractivity contribution is -0.117. The van der Waals surface area contributed by atoms with E-state index in [1.165, 1.54) is 0 Å². The first-order valence-corrected chi connectivity index (χ1v) is 7.89. The van der Waals surface area contributed by atoms with Crippen molar-refractivity contribution >= 4 is 17.5 Å². The van der Waals surface area contributed by atoms with Crippen molar-refractivity contribution in [3.8, 4) is 5.75 Å². The van der Waals surface area contributed by atoms with E-state index in [2.05, 4.69) is 5.32 Å². The maximum Gasteiger partial charge on any atom is 0.251 e. The van der Waals surface area contributed by atoms with Crippen LogP contribution < -0.4 is 15.0 Å². The molecule has 1 N–H and O–H groups in total. The summed E-state index contributed by atoms with van der Waals surface area (Å²) in [5.74, 6) is 0.549. The number of methoxy groups -OCH3 is 1. The first kappa shape index (κ1) is 16.1. The topological polar surface area (TPSA) is 58.6 Å². The Kier molecular flexibility index (Phi) is 4.51. The molecule has 1 saturated heterocycles. The highest BCUT2D eigenvalue weighted by atomic mass is 16.5. The second-order valence-electron chi connectivity index (χ2n) is 5.94. The molecule has 124 valence electrons. The monoisotopic (exact) mass is 324 g/mol. The van der Waals surface area contributed by atoms with E-state index in [4.69, 9.17) is 4.74 Å². The summed E-state index contributed by atoms with van der Waals surface area (Å²) >= 11 is 0. The molecule has 3 rings (SSSR count). The number of anilines is 1. The molecule has 0 spiro atoms. The fourth-order valence-corrected chi connectivity index (χ4v) is 2.79. The number of hydrogen-bond donors (Lipinski definition) is 1. The zero-order valence-corrected chi connectivity index (χ0v) is 13.8. The van der Waals surface area contributed by atoms with E-state index in [0.717, 1.165) is 11.3 Å². The van der Waals surface area contributed by atoms with E-state index in [1.807, 2.05) is 31.2 Å². The van der Waals surface area contributed by atoms with Crippen molar-refractivity contribution in [2.75, 3.05) is 18.6 Å². The summed E-state index contributed by atoms with van der Waals surface area (Å²) in [7, 11) is 1.58. The average molecular weight is 324 g/mol. The van der Waals surface area contributed by atoms with Gasteiger partial charge in [0, 0.05) is 24.2 Å². The summed E-state index contributed by atoms with van der Waals surface area (Å²) in [5.41, 5.74) is 2.57. The third-order valence-corrected chi connectivity index (χ3v) is 4.16. The van der Waals surface area contributed by atoms with Crippen LogP contribution in [0.25, 0.3) is 0 Å². The molecule has 0 aliphatic carbocycles. The van der Waals surface area contributed by atoms with Gasteiger partial charge in [0.25, 0.3) is 5.91 Å². The van der Waals surface area contributed by atoms with Crippen molar-refractivity contribution in [2.45, 2.75) is 19.4 Å². The van der Waals surface area contributed by atoms with E-state index in [0.29, 0.717) is 24.3 Å². The zero-order chi connectivity index (χ0) is 17.1. The molecular weight excluding hydrogens is 304 g/mol. The molecule has 2 aromatic rings. The normalized spacial score (nSPS) is 17.0. The molecule has 1 aliphatic heterocycles. The second-order valence-corrected chi connectivity index (χ2v) is 5.94. The number of nitrogens with zero attached hydrogens (tertiary/aromatic N) is 1. The molecule has 1 heterocycles. The van der Waals surface area contributed by atoms with Crippen molar-refractivity contribution in [3.63, 3.8) is 0 Å². The van der Waals surface area contributed by atoms with Gasteiger partial charge in [0.15, 0.2) is 0 Å². The molecule has 24 heavy (non-hydrogen) atoms. The highest BCUT2D eigenvalue weighted by Gasteiger charge is 2.31.